The number of hydrogen-bond acceptors (Lipinski definition) is 2. The van der Waals surface area contributed by atoms with E-state index in [-0.39, 0.29) is 23.8 Å². The van der Waals surface area contributed by atoms with Gasteiger partial charge in [0.2, 0.25) is 5.91 Å². The predicted octanol–water partition coefficient (Wildman–Crippen LogP) is 3.00. The fourth-order valence-corrected chi connectivity index (χ4v) is 2.50. The van der Waals surface area contributed by atoms with Crippen molar-refractivity contribution in [1.82, 2.24) is 5.32 Å². The lowest BCUT2D eigenvalue weighted by Crippen LogP contribution is -2.45. The summed E-state index contributed by atoms with van der Waals surface area (Å²) >= 11 is 4.99. The largest absolute Gasteiger partial charge is 0.392 e. The van der Waals surface area contributed by atoms with Crippen molar-refractivity contribution in [2.24, 2.45) is 11.7 Å². The minimum absolute atomic E-state index is 0.00481. The molecule has 1 aromatic rings. The Balaban J connectivity index is 2.94. The second-order valence-corrected chi connectivity index (χ2v) is 5.62. The SMILES string of the molecule is CCC(NC(=O)C(c1ccccc1)C(C)CC)C(N)=S. The lowest BCUT2D eigenvalue weighted by atomic mass is 9.84. The molecule has 3 nitrogen and oxygen atoms in total. The number of nitrogens with one attached hydrogen (secondary N) is 1. The zero-order valence-electron chi connectivity index (χ0n) is 12.4. The van der Waals surface area contributed by atoms with E-state index in [1.54, 1.807) is 0 Å². The topological polar surface area (TPSA) is 55.1 Å². The van der Waals surface area contributed by atoms with E-state index < -0.39 is 0 Å². The van der Waals surface area contributed by atoms with Gasteiger partial charge in [-0.3, -0.25) is 4.79 Å². The van der Waals surface area contributed by atoms with Crippen LogP contribution >= 0.6 is 12.2 Å². The maximum absolute atomic E-state index is 12.6. The van der Waals surface area contributed by atoms with Crippen LogP contribution in [0.3, 0.4) is 0 Å². The molecule has 4 heteroatoms. The minimum Gasteiger partial charge on any atom is -0.392 e. The quantitative estimate of drug-likeness (QED) is 0.760. The summed E-state index contributed by atoms with van der Waals surface area (Å²) in [6.07, 6.45) is 1.65. The maximum atomic E-state index is 12.6. The van der Waals surface area contributed by atoms with E-state index in [9.17, 15) is 4.79 Å². The Kier molecular flexibility index (Phi) is 6.65. The van der Waals surface area contributed by atoms with Crippen molar-refractivity contribution in [2.45, 2.75) is 45.6 Å². The third-order valence-electron chi connectivity index (χ3n) is 3.72. The van der Waals surface area contributed by atoms with Gasteiger partial charge in [0.1, 0.15) is 0 Å². The highest BCUT2D eigenvalue weighted by atomic mass is 32.1. The van der Waals surface area contributed by atoms with E-state index >= 15 is 0 Å². The third-order valence-corrected chi connectivity index (χ3v) is 4.01. The number of amides is 1. The first kappa shape index (κ1) is 16.6. The number of hydrogen-bond donors (Lipinski definition) is 2. The van der Waals surface area contributed by atoms with Crippen molar-refractivity contribution in [3.05, 3.63) is 35.9 Å². The van der Waals surface area contributed by atoms with Crippen LogP contribution in [0.25, 0.3) is 0 Å². The van der Waals surface area contributed by atoms with Gasteiger partial charge < -0.3 is 11.1 Å². The molecule has 20 heavy (non-hydrogen) atoms. The summed E-state index contributed by atoms with van der Waals surface area (Å²) in [5, 5.41) is 2.97. The Morgan fingerprint density at radius 3 is 2.30 bits per heavy atom. The van der Waals surface area contributed by atoms with Gasteiger partial charge in [0.05, 0.1) is 16.9 Å². The van der Waals surface area contributed by atoms with Crippen LogP contribution in [0, 0.1) is 5.92 Å². The van der Waals surface area contributed by atoms with Gasteiger partial charge >= 0.3 is 0 Å². The van der Waals surface area contributed by atoms with Gasteiger partial charge in [-0.05, 0) is 17.9 Å². The summed E-state index contributed by atoms with van der Waals surface area (Å²) in [7, 11) is 0. The highest BCUT2D eigenvalue weighted by Gasteiger charge is 2.27. The molecule has 0 aliphatic rings. The molecule has 0 aromatic heterocycles. The van der Waals surface area contributed by atoms with Crippen molar-refractivity contribution in [3.8, 4) is 0 Å². The summed E-state index contributed by atoms with van der Waals surface area (Å²) in [5.41, 5.74) is 6.70. The van der Waals surface area contributed by atoms with Crippen molar-refractivity contribution < 1.29 is 4.79 Å². The standard InChI is InChI=1S/C16H24N2OS/c1-4-11(3)14(12-9-7-6-8-10-12)16(19)18-13(5-2)15(17)20/h6-11,13-14H,4-5H2,1-3H3,(H2,17,20)(H,18,19). The second kappa shape index (κ2) is 8.00. The highest BCUT2D eigenvalue weighted by Crippen LogP contribution is 2.27. The third kappa shape index (κ3) is 4.30. The summed E-state index contributed by atoms with van der Waals surface area (Å²) < 4.78 is 0. The summed E-state index contributed by atoms with van der Waals surface area (Å²) in [4.78, 5) is 12.9. The fraction of sp³-hybridized carbons (Fsp3) is 0.500. The molecule has 110 valence electrons. The lowest BCUT2D eigenvalue weighted by molar-refractivity contribution is -0.124. The monoisotopic (exact) mass is 292 g/mol. The molecule has 0 radical (unpaired) electrons. The first-order chi connectivity index (χ1) is 9.51. The molecule has 0 saturated heterocycles. The lowest BCUT2D eigenvalue weighted by Gasteiger charge is -2.25. The zero-order valence-corrected chi connectivity index (χ0v) is 13.2. The fourth-order valence-electron chi connectivity index (χ4n) is 2.27. The number of benzene rings is 1. The summed E-state index contributed by atoms with van der Waals surface area (Å²) in [6, 6.07) is 9.65. The molecule has 0 aliphatic heterocycles. The number of carbonyl (C=O) groups excluding carboxylic acids is 1. The van der Waals surface area contributed by atoms with Crippen LogP contribution < -0.4 is 11.1 Å². The van der Waals surface area contributed by atoms with Crippen LogP contribution in [0.1, 0.15) is 45.1 Å². The van der Waals surface area contributed by atoms with Gasteiger partial charge in [-0.15, -0.1) is 0 Å². The molecule has 3 atom stereocenters. The second-order valence-electron chi connectivity index (χ2n) is 5.15. The molecule has 0 spiro atoms. The van der Waals surface area contributed by atoms with E-state index in [0.717, 1.165) is 12.0 Å². The Morgan fingerprint density at radius 1 is 1.25 bits per heavy atom. The molecule has 1 aromatic carbocycles. The number of thiocarbonyl (C=S) groups is 1. The zero-order chi connectivity index (χ0) is 15.1. The van der Waals surface area contributed by atoms with Gasteiger partial charge in [0.25, 0.3) is 0 Å². The van der Waals surface area contributed by atoms with Crippen LogP contribution in [-0.2, 0) is 4.79 Å². The van der Waals surface area contributed by atoms with Gasteiger partial charge in [-0.2, -0.15) is 0 Å². The molecule has 0 aliphatic carbocycles. The summed E-state index contributed by atoms with van der Waals surface area (Å²) in [6.45, 7) is 6.16. The first-order valence-electron chi connectivity index (χ1n) is 7.15. The Hall–Kier alpha value is -1.42. The van der Waals surface area contributed by atoms with Crippen LogP contribution in [0.4, 0.5) is 0 Å². The van der Waals surface area contributed by atoms with E-state index in [2.05, 4.69) is 19.2 Å². The molecular formula is C16H24N2OS. The molecule has 0 saturated carbocycles. The number of rotatable bonds is 7. The van der Waals surface area contributed by atoms with Crippen molar-refractivity contribution >= 4 is 23.1 Å². The smallest absolute Gasteiger partial charge is 0.228 e. The minimum atomic E-state index is -0.229. The Bertz CT molecular complexity index is 447. The highest BCUT2D eigenvalue weighted by molar-refractivity contribution is 7.80. The Morgan fingerprint density at radius 2 is 1.85 bits per heavy atom. The summed E-state index contributed by atoms with van der Waals surface area (Å²) in [5.74, 6) is 0.107. The van der Waals surface area contributed by atoms with Crippen LogP contribution in [-0.4, -0.2) is 16.9 Å². The Labute approximate surface area is 126 Å². The van der Waals surface area contributed by atoms with Crippen LogP contribution in [0.5, 0.6) is 0 Å². The van der Waals surface area contributed by atoms with E-state index in [1.165, 1.54) is 0 Å². The molecule has 3 unspecified atom stereocenters. The number of carbonyl (C=O) groups is 1. The van der Waals surface area contributed by atoms with Crippen molar-refractivity contribution in [2.75, 3.05) is 0 Å². The van der Waals surface area contributed by atoms with E-state index in [0.29, 0.717) is 11.4 Å². The normalized spacial score (nSPS) is 15.2. The molecule has 1 amide bonds. The number of nitrogens with two attached hydrogens (primary N) is 1. The molecular weight excluding hydrogens is 268 g/mol. The predicted molar refractivity (Wildman–Crippen MR) is 87.6 cm³/mol. The van der Waals surface area contributed by atoms with Crippen molar-refractivity contribution in [3.63, 3.8) is 0 Å². The average Bonchev–Trinajstić information content (AvgIpc) is 2.45. The first-order valence-corrected chi connectivity index (χ1v) is 7.56. The molecule has 0 bridgehead atoms. The van der Waals surface area contributed by atoms with Gasteiger partial charge in [0.15, 0.2) is 0 Å². The van der Waals surface area contributed by atoms with Crippen molar-refractivity contribution in [1.29, 1.82) is 0 Å². The average molecular weight is 292 g/mol. The van der Waals surface area contributed by atoms with E-state index in [1.807, 2.05) is 37.3 Å². The molecule has 0 heterocycles. The maximum Gasteiger partial charge on any atom is 0.228 e. The molecule has 1 rings (SSSR count). The van der Waals surface area contributed by atoms with Gasteiger partial charge in [-0.1, -0.05) is 69.7 Å². The van der Waals surface area contributed by atoms with Gasteiger partial charge in [-0.25, -0.2) is 0 Å². The molecule has 3 N–H and O–H groups in total. The van der Waals surface area contributed by atoms with Gasteiger partial charge in [0, 0.05) is 0 Å². The molecule has 0 fully saturated rings. The van der Waals surface area contributed by atoms with E-state index in [4.69, 9.17) is 18.0 Å². The van der Waals surface area contributed by atoms with Crippen LogP contribution in [0.15, 0.2) is 30.3 Å². The van der Waals surface area contributed by atoms with Crippen LogP contribution in [0.2, 0.25) is 0 Å².